The van der Waals surface area contributed by atoms with E-state index in [2.05, 4.69) is 5.32 Å². The molecule has 1 aliphatic heterocycles. The van der Waals surface area contributed by atoms with Crippen LogP contribution in [0.3, 0.4) is 0 Å². The van der Waals surface area contributed by atoms with Crippen LogP contribution in [0.2, 0.25) is 0 Å². The number of ketones is 1. The Hall–Kier alpha value is -1.64. The third-order valence-corrected chi connectivity index (χ3v) is 4.72. The van der Waals surface area contributed by atoms with Crippen LogP contribution in [0.1, 0.15) is 43.6 Å². The van der Waals surface area contributed by atoms with Gasteiger partial charge in [-0.15, -0.1) is 0 Å². The Morgan fingerprint density at radius 3 is 2.04 bits per heavy atom. The molecule has 0 aliphatic carbocycles. The summed E-state index contributed by atoms with van der Waals surface area (Å²) in [6.45, 7) is 8.27. The number of halogens is 3. The molecule has 8 heteroatoms. The number of carbonyl (C=O) groups excluding carboxylic acids is 1. The minimum absolute atomic E-state index is 0.388. The number of benzene rings is 1. The van der Waals surface area contributed by atoms with Crippen LogP contribution >= 0.6 is 0 Å². The Labute approximate surface area is 151 Å². The summed E-state index contributed by atoms with van der Waals surface area (Å²) in [5, 5.41) is 3.04. The number of nitrogens with one attached hydrogen (secondary N) is 1. The summed E-state index contributed by atoms with van der Waals surface area (Å²) in [6.07, 6.45) is -3.09. The van der Waals surface area contributed by atoms with Gasteiger partial charge in [0.2, 0.25) is 0 Å². The molecule has 142 valence electrons. The fourth-order valence-electron chi connectivity index (χ4n) is 2.51. The molecule has 4 nitrogen and oxygen atoms in total. The van der Waals surface area contributed by atoms with E-state index in [1.54, 1.807) is 13.1 Å². The molecule has 1 N–H and O–H groups in total. The van der Waals surface area contributed by atoms with Crippen LogP contribution in [0.5, 0.6) is 0 Å². The van der Waals surface area contributed by atoms with Gasteiger partial charge in [-0.25, -0.2) is 0 Å². The first-order valence-electron chi connectivity index (χ1n) is 8.30. The van der Waals surface area contributed by atoms with Gasteiger partial charge >= 0.3 is 13.3 Å². The van der Waals surface area contributed by atoms with Gasteiger partial charge in [-0.05, 0) is 45.8 Å². The monoisotopic (exact) mass is 369 g/mol. The molecule has 1 aliphatic rings. The quantitative estimate of drug-likeness (QED) is 0.636. The van der Waals surface area contributed by atoms with Crippen molar-refractivity contribution in [1.82, 2.24) is 5.32 Å². The predicted octanol–water partition coefficient (Wildman–Crippen LogP) is 3.67. The molecule has 0 radical (unpaired) electrons. The highest BCUT2D eigenvalue weighted by Crippen LogP contribution is 2.38. The Bertz CT molecular complexity index is 681. The van der Waals surface area contributed by atoms with Crippen LogP contribution in [-0.2, 0) is 9.31 Å². The number of likely N-dealkylation sites (N-methyl/N-ethyl adjacent to an activating group) is 1. The molecule has 0 atom stereocenters. The van der Waals surface area contributed by atoms with Crippen molar-refractivity contribution in [2.45, 2.75) is 45.1 Å². The highest BCUT2D eigenvalue weighted by Gasteiger charge is 2.52. The number of Topliss-reactive ketones (excluding diaryl/α,β-unsaturated/α-hetero) is 1. The Morgan fingerprint density at radius 2 is 1.62 bits per heavy atom. The van der Waals surface area contributed by atoms with E-state index >= 15 is 0 Å². The van der Waals surface area contributed by atoms with Crippen LogP contribution in [0.25, 0.3) is 6.08 Å². The normalized spacial score (nSPS) is 19.7. The second kappa shape index (κ2) is 7.17. The van der Waals surface area contributed by atoms with Gasteiger partial charge in [0.1, 0.15) is 0 Å². The van der Waals surface area contributed by atoms with Crippen molar-refractivity contribution in [2.75, 3.05) is 13.6 Å². The average Bonchev–Trinajstić information content (AvgIpc) is 2.74. The van der Waals surface area contributed by atoms with E-state index in [1.165, 1.54) is 24.3 Å². The van der Waals surface area contributed by atoms with Gasteiger partial charge in [0, 0.05) is 12.1 Å². The summed E-state index contributed by atoms with van der Waals surface area (Å²) in [5.41, 5.74) is 0.0891. The summed E-state index contributed by atoms with van der Waals surface area (Å²) in [6, 6.07) is 5.28. The Morgan fingerprint density at radius 1 is 1.12 bits per heavy atom. The lowest BCUT2D eigenvalue weighted by Gasteiger charge is -2.32. The predicted molar refractivity (Wildman–Crippen MR) is 94.8 cm³/mol. The first-order valence-corrected chi connectivity index (χ1v) is 8.30. The highest BCUT2D eigenvalue weighted by atomic mass is 19.4. The van der Waals surface area contributed by atoms with Crippen molar-refractivity contribution in [3.63, 3.8) is 0 Å². The molecule has 1 saturated heterocycles. The smallest absolute Gasteiger partial charge is 0.400 e. The minimum Gasteiger partial charge on any atom is -0.400 e. The summed E-state index contributed by atoms with van der Waals surface area (Å²) in [4.78, 5) is 11.3. The van der Waals surface area contributed by atoms with Crippen molar-refractivity contribution in [3.05, 3.63) is 40.9 Å². The molecule has 1 aromatic carbocycles. The fourth-order valence-corrected chi connectivity index (χ4v) is 2.51. The van der Waals surface area contributed by atoms with Crippen molar-refractivity contribution in [1.29, 1.82) is 0 Å². The zero-order valence-corrected chi connectivity index (χ0v) is 15.5. The maximum Gasteiger partial charge on any atom is 0.491 e. The molecular weight excluding hydrogens is 346 g/mol. The van der Waals surface area contributed by atoms with Gasteiger partial charge < -0.3 is 14.6 Å². The fraction of sp³-hybridized carbons (Fsp3) is 0.500. The van der Waals surface area contributed by atoms with Crippen LogP contribution in [-0.4, -0.2) is 43.9 Å². The van der Waals surface area contributed by atoms with Crippen LogP contribution < -0.4 is 5.32 Å². The third-order valence-electron chi connectivity index (χ3n) is 4.72. The summed E-state index contributed by atoms with van der Waals surface area (Å²) >= 11 is 0. The first kappa shape index (κ1) is 20.7. The number of hydrogen-bond donors (Lipinski definition) is 1. The van der Waals surface area contributed by atoms with Crippen LogP contribution in [0, 0.1) is 0 Å². The summed E-state index contributed by atoms with van der Waals surface area (Å²) < 4.78 is 49.5. The molecule has 0 bridgehead atoms. The standard InChI is InChI=1S/C18H23BF3NO3/c1-16(2)17(3,4)26-19(25-16)14(11-23-5)10-12-6-8-13(9-7-12)15(24)18(20,21)22/h6-10,23H,11H2,1-5H3. The highest BCUT2D eigenvalue weighted by molar-refractivity contribution is 6.55. The lowest BCUT2D eigenvalue weighted by molar-refractivity contribution is -0.0885. The van der Waals surface area contributed by atoms with E-state index in [9.17, 15) is 18.0 Å². The van der Waals surface area contributed by atoms with Crippen molar-refractivity contribution >= 4 is 19.0 Å². The largest absolute Gasteiger partial charge is 0.491 e. The van der Waals surface area contributed by atoms with E-state index in [1.807, 2.05) is 27.7 Å². The SMILES string of the molecule is CNCC(=Cc1ccc(C(=O)C(F)(F)F)cc1)B1OC(C)(C)C(C)(C)O1. The molecule has 1 heterocycles. The zero-order chi connectivity index (χ0) is 19.8. The van der Waals surface area contributed by atoms with E-state index < -0.39 is 30.3 Å². The average molecular weight is 369 g/mol. The van der Waals surface area contributed by atoms with Gasteiger partial charge in [-0.2, -0.15) is 13.2 Å². The van der Waals surface area contributed by atoms with Crippen molar-refractivity contribution < 1.29 is 27.3 Å². The number of rotatable bonds is 5. The second-order valence-corrected chi connectivity index (χ2v) is 7.29. The maximum absolute atomic E-state index is 12.5. The molecular formula is C18H23BF3NO3. The molecule has 0 amide bonds. The van der Waals surface area contributed by atoms with E-state index in [0.29, 0.717) is 12.1 Å². The van der Waals surface area contributed by atoms with Crippen LogP contribution in [0.15, 0.2) is 29.7 Å². The van der Waals surface area contributed by atoms with E-state index in [4.69, 9.17) is 9.31 Å². The zero-order valence-electron chi connectivity index (χ0n) is 15.5. The number of alkyl halides is 3. The maximum atomic E-state index is 12.5. The lowest BCUT2D eigenvalue weighted by Crippen LogP contribution is -2.41. The van der Waals surface area contributed by atoms with Crippen LogP contribution in [0.4, 0.5) is 13.2 Å². The molecule has 1 fully saturated rings. The van der Waals surface area contributed by atoms with Crippen molar-refractivity contribution in [2.24, 2.45) is 0 Å². The Kier molecular flexibility index (Phi) is 5.70. The summed E-state index contributed by atoms with van der Waals surface area (Å²) in [7, 11) is 1.22. The molecule has 1 aromatic rings. The van der Waals surface area contributed by atoms with Gasteiger partial charge in [0.15, 0.2) is 0 Å². The number of carbonyl (C=O) groups is 1. The van der Waals surface area contributed by atoms with E-state index in [-0.39, 0.29) is 5.56 Å². The molecule has 2 rings (SSSR count). The van der Waals surface area contributed by atoms with Gasteiger partial charge in [0.05, 0.1) is 11.2 Å². The van der Waals surface area contributed by atoms with Gasteiger partial charge in [-0.1, -0.05) is 30.3 Å². The molecule has 0 saturated carbocycles. The first-order chi connectivity index (χ1) is 11.9. The van der Waals surface area contributed by atoms with Gasteiger partial charge in [-0.3, -0.25) is 4.79 Å². The third kappa shape index (κ3) is 4.36. The Balaban J connectivity index is 2.26. The topological polar surface area (TPSA) is 47.6 Å². The van der Waals surface area contributed by atoms with Gasteiger partial charge in [0.25, 0.3) is 5.78 Å². The van der Waals surface area contributed by atoms with Crippen molar-refractivity contribution in [3.8, 4) is 0 Å². The minimum atomic E-state index is -4.88. The second-order valence-electron chi connectivity index (χ2n) is 7.29. The molecule has 0 aromatic heterocycles. The molecule has 26 heavy (non-hydrogen) atoms. The summed E-state index contributed by atoms with van der Waals surface area (Å²) in [5.74, 6) is -1.85. The number of hydrogen-bond acceptors (Lipinski definition) is 4. The molecule has 0 spiro atoms. The lowest BCUT2D eigenvalue weighted by atomic mass is 9.77. The molecule has 0 unspecified atom stereocenters. The van der Waals surface area contributed by atoms with E-state index in [0.717, 1.165) is 5.47 Å².